The molecule has 2 heterocycles. The summed E-state index contributed by atoms with van der Waals surface area (Å²) < 4.78 is 15.3. The maximum Gasteiger partial charge on any atom is 0.182 e. The molecule has 0 fully saturated rings. The number of nitrogen functional groups attached to an aromatic ring is 2. The molecule has 0 saturated heterocycles. The molecular formula is C18H21FN6O. The fraction of sp³-hybridized carbons (Fsp3) is 0.167. The van der Waals surface area contributed by atoms with E-state index in [9.17, 15) is 9.50 Å². The summed E-state index contributed by atoms with van der Waals surface area (Å²) in [5.41, 5.74) is 13.2. The van der Waals surface area contributed by atoms with E-state index in [0.29, 0.717) is 22.6 Å². The Balaban J connectivity index is 0.000000758. The minimum Gasteiger partial charge on any atom is -0.503 e. The van der Waals surface area contributed by atoms with Crippen molar-refractivity contribution in [1.82, 2.24) is 19.7 Å². The first-order chi connectivity index (χ1) is 12.4. The Labute approximate surface area is 150 Å². The Morgan fingerprint density at radius 1 is 1.31 bits per heavy atom. The summed E-state index contributed by atoms with van der Waals surface area (Å²) in [6.45, 7) is 7.20. The average molecular weight is 356 g/mol. The number of aromatic nitrogens is 4. The number of rotatable bonds is 3. The molecule has 3 rings (SSSR count). The Morgan fingerprint density at radius 3 is 2.58 bits per heavy atom. The van der Waals surface area contributed by atoms with E-state index in [2.05, 4.69) is 21.6 Å². The van der Waals surface area contributed by atoms with Crippen LogP contribution in [0.4, 0.5) is 16.0 Å². The molecule has 2 aromatic heterocycles. The summed E-state index contributed by atoms with van der Waals surface area (Å²) >= 11 is 0. The van der Waals surface area contributed by atoms with Gasteiger partial charge >= 0.3 is 0 Å². The monoisotopic (exact) mass is 356 g/mol. The van der Waals surface area contributed by atoms with Gasteiger partial charge in [0.2, 0.25) is 0 Å². The van der Waals surface area contributed by atoms with Gasteiger partial charge in [-0.2, -0.15) is 5.10 Å². The quantitative estimate of drug-likeness (QED) is 0.621. The lowest BCUT2D eigenvalue weighted by molar-refractivity contribution is 0.473. The molecule has 0 aliphatic rings. The highest BCUT2D eigenvalue weighted by Gasteiger charge is 2.17. The average Bonchev–Trinajstić information content (AvgIpc) is 2.89. The molecule has 0 amide bonds. The molecule has 0 aliphatic carbocycles. The Morgan fingerprint density at radius 2 is 1.96 bits per heavy atom. The molecule has 0 atom stereocenters. The van der Waals surface area contributed by atoms with Crippen LogP contribution in [-0.2, 0) is 6.54 Å². The van der Waals surface area contributed by atoms with Gasteiger partial charge in [-0.1, -0.05) is 24.3 Å². The van der Waals surface area contributed by atoms with E-state index in [1.165, 1.54) is 16.9 Å². The van der Waals surface area contributed by atoms with Crippen molar-refractivity contribution >= 4 is 11.6 Å². The number of benzene rings is 1. The molecule has 0 saturated carbocycles. The van der Waals surface area contributed by atoms with Gasteiger partial charge in [-0.15, -0.1) is 6.58 Å². The van der Waals surface area contributed by atoms with Crippen molar-refractivity contribution in [3.8, 4) is 17.3 Å². The molecule has 5 N–H and O–H groups in total. The second-order valence-electron chi connectivity index (χ2n) is 5.48. The fourth-order valence-electron chi connectivity index (χ4n) is 2.19. The van der Waals surface area contributed by atoms with Crippen LogP contribution in [0.3, 0.4) is 0 Å². The van der Waals surface area contributed by atoms with E-state index in [0.717, 1.165) is 0 Å². The molecule has 3 aromatic rings. The largest absolute Gasteiger partial charge is 0.503 e. The van der Waals surface area contributed by atoms with E-state index in [-0.39, 0.29) is 29.8 Å². The van der Waals surface area contributed by atoms with Gasteiger partial charge in [0.15, 0.2) is 17.4 Å². The van der Waals surface area contributed by atoms with Crippen LogP contribution >= 0.6 is 0 Å². The van der Waals surface area contributed by atoms with Crippen molar-refractivity contribution in [3.05, 3.63) is 60.1 Å². The maximum atomic E-state index is 13.8. The summed E-state index contributed by atoms with van der Waals surface area (Å²) in [7, 11) is 0. The molecule has 0 radical (unpaired) electrons. The van der Waals surface area contributed by atoms with E-state index in [1.54, 1.807) is 31.2 Å². The second kappa shape index (κ2) is 8.11. The minimum absolute atomic E-state index is 0.0448. The first kappa shape index (κ1) is 18.9. The topological polar surface area (TPSA) is 116 Å². The molecule has 136 valence electrons. The number of anilines is 2. The number of nitrogens with zero attached hydrogens (tertiary/aromatic N) is 4. The van der Waals surface area contributed by atoms with Gasteiger partial charge in [0.05, 0.1) is 12.7 Å². The first-order valence-corrected chi connectivity index (χ1v) is 7.84. The zero-order valence-corrected chi connectivity index (χ0v) is 14.6. The summed E-state index contributed by atoms with van der Waals surface area (Å²) in [5, 5.41) is 13.8. The van der Waals surface area contributed by atoms with Crippen LogP contribution in [0.25, 0.3) is 11.5 Å². The van der Waals surface area contributed by atoms with Crippen molar-refractivity contribution in [2.75, 3.05) is 11.5 Å². The maximum absolute atomic E-state index is 13.8. The fourth-order valence-corrected chi connectivity index (χ4v) is 2.19. The molecule has 0 aliphatic heterocycles. The third-order valence-electron chi connectivity index (χ3n) is 3.53. The molecule has 26 heavy (non-hydrogen) atoms. The predicted octanol–water partition coefficient (Wildman–Crippen LogP) is 2.90. The Bertz CT molecular complexity index is 922. The van der Waals surface area contributed by atoms with Crippen molar-refractivity contribution in [2.24, 2.45) is 0 Å². The van der Waals surface area contributed by atoms with Crippen LogP contribution in [0.5, 0.6) is 5.75 Å². The normalized spacial score (nSPS) is 10.1. The van der Waals surface area contributed by atoms with E-state index in [1.807, 2.05) is 6.92 Å². The lowest BCUT2D eigenvalue weighted by Gasteiger charge is -2.05. The summed E-state index contributed by atoms with van der Waals surface area (Å²) in [4.78, 5) is 8.00. The zero-order valence-electron chi connectivity index (χ0n) is 14.6. The zero-order chi connectivity index (χ0) is 19.3. The van der Waals surface area contributed by atoms with Gasteiger partial charge < -0.3 is 16.6 Å². The number of aromatic hydroxyl groups is 1. The van der Waals surface area contributed by atoms with Crippen LogP contribution in [0.2, 0.25) is 0 Å². The molecule has 0 unspecified atom stereocenters. The lowest BCUT2D eigenvalue weighted by atomic mass is 10.2. The van der Waals surface area contributed by atoms with Gasteiger partial charge in [0.25, 0.3) is 0 Å². The van der Waals surface area contributed by atoms with Crippen LogP contribution in [0.15, 0.2) is 43.1 Å². The number of hydrogen-bond acceptors (Lipinski definition) is 6. The van der Waals surface area contributed by atoms with E-state index >= 15 is 0 Å². The lowest BCUT2D eigenvalue weighted by Crippen LogP contribution is -2.07. The van der Waals surface area contributed by atoms with Crippen molar-refractivity contribution in [2.45, 2.75) is 20.4 Å². The highest BCUT2D eigenvalue weighted by molar-refractivity contribution is 5.64. The SMILES string of the molecule is C=CC.Cc1c(-c2ncc(O)c(N)n2)nn(Cc2ccccc2F)c1N. The smallest absolute Gasteiger partial charge is 0.182 e. The van der Waals surface area contributed by atoms with Crippen molar-refractivity contribution in [3.63, 3.8) is 0 Å². The highest BCUT2D eigenvalue weighted by Crippen LogP contribution is 2.27. The Hall–Kier alpha value is -3.42. The highest BCUT2D eigenvalue weighted by atomic mass is 19.1. The van der Waals surface area contributed by atoms with Crippen LogP contribution < -0.4 is 11.5 Å². The van der Waals surface area contributed by atoms with Crippen LogP contribution in [-0.4, -0.2) is 24.9 Å². The third kappa shape index (κ3) is 3.97. The first-order valence-electron chi connectivity index (χ1n) is 7.84. The summed E-state index contributed by atoms with van der Waals surface area (Å²) in [5.74, 6) is 0.0591. The summed E-state index contributed by atoms with van der Waals surface area (Å²) in [6.07, 6.45) is 2.95. The predicted molar refractivity (Wildman–Crippen MR) is 99.9 cm³/mol. The van der Waals surface area contributed by atoms with Gasteiger partial charge in [-0.3, -0.25) is 0 Å². The van der Waals surface area contributed by atoms with Gasteiger partial charge in [-0.05, 0) is 19.9 Å². The second-order valence-corrected chi connectivity index (χ2v) is 5.48. The number of halogens is 1. The standard InChI is InChI=1S/C15H15FN6O.C3H6/c1-8-12(15-19-6-11(23)13(17)20-15)21-22(14(8)18)7-9-4-2-3-5-10(9)16;1-3-2/h2-6,23H,7,18H2,1H3,(H2,17,19,20);3H,1H2,2H3. The van der Waals surface area contributed by atoms with E-state index < -0.39 is 0 Å². The molecule has 8 heteroatoms. The number of allylic oxidation sites excluding steroid dienone is 1. The van der Waals surface area contributed by atoms with Crippen LogP contribution in [0.1, 0.15) is 18.1 Å². The summed E-state index contributed by atoms with van der Waals surface area (Å²) in [6, 6.07) is 6.41. The number of hydrogen-bond donors (Lipinski definition) is 3. The molecule has 0 spiro atoms. The molecule has 0 bridgehead atoms. The minimum atomic E-state index is -0.327. The third-order valence-corrected chi connectivity index (χ3v) is 3.53. The molecule has 1 aromatic carbocycles. The van der Waals surface area contributed by atoms with Crippen LogP contribution in [0, 0.1) is 12.7 Å². The van der Waals surface area contributed by atoms with Crippen molar-refractivity contribution in [1.29, 1.82) is 0 Å². The molecular weight excluding hydrogens is 335 g/mol. The van der Waals surface area contributed by atoms with Crippen molar-refractivity contribution < 1.29 is 9.50 Å². The van der Waals surface area contributed by atoms with E-state index in [4.69, 9.17) is 11.5 Å². The van der Waals surface area contributed by atoms with Gasteiger partial charge in [-0.25, -0.2) is 19.0 Å². The van der Waals surface area contributed by atoms with Gasteiger partial charge in [0, 0.05) is 11.1 Å². The Kier molecular flexibility index (Phi) is 5.90. The molecule has 7 nitrogen and oxygen atoms in total. The van der Waals surface area contributed by atoms with Gasteiger partial charge in [0.1, 0.15) is 17.3 Å². The number of nitrogens with two attached hydrogens (primary N) is 2.